The van der Waals surface area contributed by atoms with Crippen molar-refractivity contribution in [1.82, 2.24) is 5.32 Å². The van der Waals surface area contributed by atoms with E-state index in [1.807, 2.05) is 0 Å². The van der Waals surface area contributed by atoms with Gasteiger partial charge in [0, 0.05) is 5.92 Å². The van der Waals surface area contributed by atoms with E-state index in [0.717, 1.165) is 11.8 Å². The lowest BCUT2D eigenvalue weighted by atomic mass is 9.82. The molecule has 1 aliphatic heterocycles. The molecule has 1 aliphatic carbocycles. The molecule has 0 aromatic rings. The number of rotatable bonds is 1. The topological polar surface area (TPSA) is 41.5 Å². The Morgan fingerprint density at radius 1 is 1.46 bits per heavy atom. The van der Waals surface area contributed by atoms with Gasteiger partial charge in [-0.15, -0.1) is 0 Å². The van der Waals surface area contributed by atoms with Crippen LogP contribution in [0.15, 0.2) is 4.99 Å². The van der Waals surface area contributed by atoms with Crippen LogP contribution in [0.1, 0.15) is 32.6 Å². The van der Waals surface area contributed by atoms with Crippen LogP contribution in [0.25, 0.3) is 0 Å². The average Bonchev–Trinajstić information content (AvgIpc) is 2.52. The number of hydrogen-bond donors (Lipinski definition) is 1. The summed E-state index contributed by atoms with van der Waals surface area (Å²) in [5.74, 6) is 2.33. The third-order valence-corrected chi connectivity index (χ3v) is 2.98. The van der Waals surface area contributed by atoms with Gasteiger partial charge in [-0.1, -0.05) is 19.8 Å². The second-order valence-corrected chi connectivity index (χ2v) is 4.22. The molecular weight excluding hydrogens is 164 g/mol. The van der Waals surface area contributed by atoms with Gasteiger partial charge in [0.1, 0.15) is 12.4 Å². The molecule has 1 heterocycles. The molecule has 1 N–H and O–H groups in total. The largest absolute Gasteiger partial charge is 0.313 e. The van der Waals surface area contributed by atoms with Crippen LogP contribution in [-0.2, 0) is 4.79 Å². The van der Waals surface area contributed by atoms with Gasteiger partial charge >= 0.3 is 0 Å². The van der Waals surface area contributed by atoms with E-state index in [1.54, 1.807) is 0 Å². The van der Waals surface area contributed by atoms with Gasteiger partial charge in [0.05, 0.1) is 0 Å². The highest BCUT2D eigenvalue weighted by molar-refractivity contribution is 6.04. The lowest BCUT2D eigenvalue weighted by Crippen LogP contribution is -2.33. The first-order chi connectivity index (χ1) is 6.25. The molecule has 0 aromatic heterocycles. The highest BCUT2D eigenvalue weighted by Crippen LogP contribution is 2.29. The van der Waals surface area contributed by atoms with Crippen molar-refractivity contribution >= 4 is 11.7 Å². The molecule has 3 heteroatoms. The van der Waals surface area contributed by atoms with Crippen LogP contribution in [0.5, 0.6) is 0 Å². The van der Waals surface area contributed by atoms with Crippen molar-refractivity contribution in [3.8, 4) is 0 Å². The number of nitrogens with one attached hydrogen (secondary N) is 1. The molecule has 72 valence electrons. The van der Waals surface area contributed by atoms with Crippen LogP contribution in [0.3, 0.4) is 0 Å². The first-order valence-corrected chi connectivity index (χ1v) is 5.10. The molecule has 2 rings (SSSR count). The zero-order valence-corrected chi connectivity index (χ0v) is 8.05. The first-order valence-electron chi connectivity index (χ1n) is 5.10. The van der Waals surface area contributed by atoms with Gasteiger partial charge < -0.3 is 5.32 Å². The van der Waals surface area contributed by atoms with Crippen molar-refractivity contribution in [2.45, 2.75) is 32.6 Å². The maximum absolute atomic E-state index is 11.0. The number of amides is 1. The summed E-state index contributed by atoms with van der Waals surface area (Å²) in [6.07, 6.45) is 5.00. The van der Waals surface area contributed by atoms with Crippen molar-refractivity contribution < 1.29 is 4.79 Å². The number of aliphatic imine (C=N–C) groups is 1. The minimum atomic E-state index is 0.0632. The summed E-state index contributed by atoms with van der Waals surface area (Å²) < 4.78 is 0. The first kappa shape index (κ1) is 8.73. The number of carbonyl (C=O) groups is 1. The molecule has 0 spiro atoms. The average molecular weight is 180 g/mol. The molecule has 2 aliphatic rings. The maximum atomic E-state index is 11.0. The Balaban J connectivity index is 1.96. The molecule has 3 nitrogen and oxygen atoms in total. The molecule has 13 heavy (non-hydrogen) atoms. The Kier molecular flexibility index (Phi) is 2.34. The fraction of sp³-hybridized carbons (Fsp3) is 0.800. The summed E-state index contributed by atoms with van der Waals surface area (Å²) in [5.41, 5.74) is 0. The fourth-order valence-corrected chi connectivity index (χ4v) is 2.29. The summed E-state index contributed by atoms with van der Waals surface area (Å²) in [4.78, 5) is 15.2. The monoisotopic (exact) mass is 180 g/mol. The lowest BCUT2D eigenvalue weighted by molar-refractivity contribution is -0.117. The summed E-state index contributed by atoms with van der Waals surface area (Å²) in [6.45, 7) is 2.63. The van der Waals surface area contributed by atoms with E-state index in [4.69, 9.17) is 0 Å². The number of hydrogen-bond acceptors (Lipinski definition) is 2. The van der Waals surface area contributed by atoms with Crippen LogP contribution in [-0.4, -0.2) is 18.3 Å². The van der Waals surface area contributed by atoms with Crippen LogP contribution in [0.2, 0.25) is 0 Å². The molecule has 2 atom stereocenters. The van der Waals surface area contributed by atoms with Gasteiger partial charge in [-0.3, -0.25) is 9.79 Å². The maximum Gasteiger partial charge on any atom is 0.247 e. The molecule has 1 fully saturated rings. The predicted octanol–water partition coefficient (Wildman–Crippen LogP) is 1.34. The van der Waals surface area contributed by atoms with Crippen LogP contribution >= 0.6 is 0 Å². The van der Waals surface area contributed by atoms with Gasteiger partial charge in [-0.2, -0.15) is 0 Å². The van der Waals surface area contributed by atoms with Crippen LogP contribution in [0, 0.1) is 11.8 Å². The standard InChI is InChI=1S/C10H16N2O/c1-7-3-2-4-8(5-7)10-11-6-9(13)12-10/h7-8H,2-6H2,1H3,(H,11,12,13). The molecule has 1 saturated carbocycles. The summed E-state index contributed by atoms with van der Waals surface area (Å²) in [7, 11) is 0. The molecule has 0 bridgehead atoms. The molecule has 0 aromatic carbocycles. The highest BCUT2D eigenvalue weighted by atomic mass is 16.2. The molecular formula is C10H16N2O. The fourth-order valence-electron chi connectivity index (χ4n) is 2.29. The molecule has 1 amide bonds. The number of amidine groups is 1. The van der Waals surface area contributed by atoms with Crippen molar-refractivity contribution in [2.24, 2.45) is 16.8 Å². The summed E-state index contributed by atoms with van der Waals surface area (Å²) in [6, 6.07) is 0. The van der Waals surface area contributed by atoms with E-state index >= 15 is 0 Å². The van der Waals surface area contributed by atoms with Gasteiger partial charge in [0.15, 0.2) is 0 Å². The highest BCUT2D eigenvalue weighted by Gasteiger charge is 2.26. The zero-order chi connectivity index (χ0) is 9.26. The second kappa shape index (κ2) is 3.48. The van der Waals surface area contributed by atoms with Crippen LogP contribution in [0.4, 0.5) is 0 Å². The SMILES string of the molecule is CC1CCCC(C2=NCC(=O)N2)C1. The van der Waals surface area contributed by atoms with Crippen molar-refractivity contribution in [3.05, 3.63) is 0 Å². The zero-order valence-electron chi connectivity index (χ0n) is 8.05. The summed E-state index contributed by atoms with van der Waals surface area (Å²) >= 11 is 0. The van der Waals surface area contributed by atoms with Crippen LogP contribution < -0.4 is 5.32 Å². The Labute approximate surface area is 78.6 Å². The summed E-state index contributed by atoms with van der Waals surface area (Å²) in [5, 5.41) is 2.86. The third kappa shape index (κ3) is 1.90. The molecule has 2 unspecified atom stereocenters. The Hall–Kier alpha value is -0.860. The quantitative estimate of drug-likeness (QED) is 0.650. The Morgan fingerprint density at radius 3 is 2.92 bits per heavy atom. The van der Waals surface area contributed by atoms with Gasteiger partial charge in [-0.25, -0.2) is 0 Å². The van der Waals surface area contributed by atoms with Gasteiger partial charge in [0.2, 0.25) is 5.91 Å². The predicted molar refractivity (Wildman–Crippen MR) is 51.6 cm³/mol. The van der Waals surface area contributed by atoms with E-state index in [2.05, 4.69) is 17.2 Å². The van der Waals surface area contributed by atoms with Crippen molar-refractivity contribution in [3.63, 3.8) is 0 Å². The van der Waals surface area contributed by atoms with E-state index in [1.165, 1.54) is 25.7 Å². The van der Waals surface area contributed by atoms with E-state index in [9.17, 15) is 4.79 Å². The number of carbonyl (C=O) groups excluding carboxylic acids is 1. The van der Waals surface area contributed by atoms with E-state index in [-0.39, 0.29) is 5.91 Å². The minimum Gasteiger partial charge on any atom is -0.313 e. The van der Waals surface area contributed by atoms with Gasteiger partial charge in [0.25, 0.3) is 0 Å². The molecule has 0 saturated heterocycles. The van der Waals surface area contributed by atoms with Crippen molar-refractivity contribution in [1.29, 1.82) is 0 Å². The van der Waals surface area contributed by atoms with E-state index < -0.39 is 0 Å². The minimum absolute atomic E-state index is 0.0632. The number of nitrogens with zero attached hydrogens (tertiary/aromatic N) is 1. The van der Waals surface area contributed by atoms with E-state index in [0.29, 0.717) is 12.5 Å². The second-order valence-electron chi connectivity index (χ2n) is 4.22. The lowest BCUT2D eigenvalue weighted by Gasteiger charge is -2.26. The Morgan fingerprint density at radius 2 is 2.31 bits per heavy atom. The third-order valence-electron chi connectivity index (χ3n) is 2.98. The van der Waals surface area contributed by atoms with Crippen molar-refractivity contribution in [2.75, 3.05) is 6.54 Å². The Bertz CT molecular complexity index is 247. The normalized spacial score (nSPS) is 34.2. The van der Waals surface area contributed by atoms with Gasteiger partial charge in [-0.05, 0) is 18.8 Å². The molecule has 0 radical (unpaired) electrons. The smallest absolute Gasteiger partial charge is 0.247 e.